The maximum Gasteiger partial charge on any atom is 0.266 e. The molecule has 0 saturated heterocycles. The first-order chi connectivity index (χ1) is 12.5. The molecule has 7 heteroatoms. The largest absolute Gasteiger partial charge is 0.504 e. The number of benzene rings is 2. The van der Waals surface area contributed by atoms with Crippen molar-refractivity contribution in [1.29, 1.82) is 0 Å². The van der Waals surface area contributed by atoms with E-state index >= 15 is 0 Å². The molecule has 0 aliphatic carbocycles. The van der Waals surface area contributed by atoms with E-state index in [1.165, 1.54) is 25.3 Å². The summed E-state index contributed by atoms with van der Waals surface area (Å²) >= 11 is 0. The average molecular weight is 356 g/mol. The zero-order valence-electron chi connectivity index (χ0n) is 14.2. The second-order valence-corrected chi connectivity index (χ2v) is 5.49. The highest BCUT2D eigenvalue weighted by atomic mass is 16.5. The van der Waals surface area contributed by atoms with Gasteiger partial charge >= 0.3 is 0 Å². The lowest BCUT2D eigenvalue weighted by atomic mass is 10.1. The van der Waals surface area contributed by atoms with Crippen LogP contribution in [0.1, 0.15) is 11.1 Å². The number of hydroxylamine groups is 1. The molecule has 0 bridgehead atoms. The van der Waals surface area contributed by atoms with E-state index in [0.717, 1.165) is 5.56 Å². The molecule has 2 amide bonds. The SMILES string of the molecule is COc1cc(/C=C/C(=O)NC(Cc2ccccc2)C(=O)NO)ccc1O. The third-order valence-electron chi connectivity index (χ3n) is 3.66. The standard InChI is InChI=1S/C19H20N2O5/c1-26-17-12-14(7-9-16(17)22)8-10-18(23)20-15(19(24)21-25)11-13-5-3-2-4-6-13/h2-10,12,15,22,25H,11H2,1H3,(H,20,23)(H,21,24)/b10-8+. The van der Waals surface area contributed by atoms with E-state index < -0.39 is 17.9 Å². The van der Waals surface area contributed by atoms with Crippen molar-refractivity contribution in [2.24, 2.45) is 0 Å². The summed E-state index contributed by atoms with van der Waals surface area (Å²) in [5.74, 6) is -0.922. The van der Waals surface area contributed by atoms with E-state index in [4.69, 9.17) is 9.94 Å². The van der Waals surface area contributed by atoms with Crippen LogP contribution in [0.5, 0.6) is 11.5 Å². The van der Waals surface area contributed by atoms with Gasteiger partial charge in [0.1, 0.15) is 6.04 Å². The molecule has 7 nitrogen and oxygen atoms in total. The van der Waals surface area contributed by atoms with E-state index in [1.807, 2.05) is 30.3 Å². The summed E-state index contributed by atoms with van der Waals surface area (Å²) in [6.45, 7) is 0. The summed E-state index contributed by atoms with van der Waals surface area (Å²) in [6, 6.07) is 12.8. The van der Waals surface area contributed by atoms with Gasteiger partial charge in [-0.1, -0.05) is 36.4 Å². The first kappa shape index (κ1) is 19.0. The first-order valence-electron chi connectivity index (χ1n) is 7.87. The molecule has 2 aromatic rings. The van der Waals surface area contributed by atoms with Crippen LogP contribution in [0.25, 0.3) is 6.08 Å². The molecule has 26 heavy (non-hydrogen) atoms. The Morgan fingerprint density at radius 3 is 2.58 bits per heavy atom. The van der Waals surface area contributed by atoms with E-state index in [9.17, 15) is 14.7 Å². The molecule has 0 heterocycles. The highest BCUT2D eigenvalue weighted by molar-refractivity contribution is 5.95. The summed E-state index contributed by atoms with van der Waals surface area (Å²) in [6.07, 6.45) is 3.02. The number of phenolic OH excluding ortho intramolecular Hbond substituents is 1. The average Bonchev–Trinajstić information content (AvgIpc) is 2.67. The van der Waals surface area contributed by atoms with Crippen molar-refractivity contribution in [1.82, 2.24) is 10.8 Å². The highest BCUT2D eigenvalue weighted by Gasteiger charge is 2.19. The quantitative estimate of drug-likeness (QED) is 0.343. The Kier molecular flexibility index (Phi) is 6.75. The molecule has 0 spiro atoms. The van der Waals surface area contributed by atoms with Crippen LogP contribution in [0.4, 0.5) is 0 Å². The number of carbonyl (C=O) groups is 2. The third kappa shape index (κ3) is 5.35. The van der Waals surface area contributed by atoms with Gasteiger partial charge in [0.15, 0.2) is 11.5 Å². The zero-order chi connectivity index (χ0) is 18.9. The van der Waals surface area contributed by atoms with Gasteiger partial charge in [-0.15, -0.1) is 0 Å². The van der Waals surface area contributed by atoms with Gasteiger partial charge in [0, 0.05) is 12.5 Å². The molecular weight excluding hydrogens is 336 g/mol. The summed E-state index contributed by atoms with van der Waals surface area (Å²) in [5.41, 5.74) is 3.04. The minimum absolute atomic E-state index is 0.00311. The summed E-state index contributed by atoms with van der Waals surface area (Å²) in [4.78, 5) is 23.9. The van der Waals surface area contributed by atoms with Crippen molar-refractivity contribution in [3.63, 3.8) is 0 Å². The minimum atomic E-state index is -0.922. The van der Waals surface area contributed by atoms with Crippen molar-refractivity contribution in [3.05, 3.63) is 65.7 Å². The highest BCUT2D eigenvalue weighted by Crippen LogP contribution is 2.26. The predicted molar refractivity (Wildman–Crippen MR) is 95.7 cm³/mol. The van der Waals surface area contributed by atoms with Crippen LogP contribution in [0, 0.1) is 0 Å². The van der Waals surface area contributed by atoms with Crippen LogP contribution in [0.15, 0.2) is 54.6 Å². The number of rotatable bonds is 7. The van der Waals surface area contributed by atoms with Crippen molar-refractivity contribution in [2.45, 2.75) is 12.5 Å². The van der Waals surface area contributed by atoms with E-state index in [1.54, 1.807) is 17.6 Å². The lowest BCUT2D eigenvalue weighted by Crippen LogP contribution is -2.46. The second kappa shape index (κ2) is 9.24. The van der Waals surface area contributed by atoms with Gasteiger partial charge < -0.3 is 15.2 Å². The van der Waals surface area contributed by atoms with Gasteiger partial charge in [0.05, 0.1) is 7.11 Å². The normalized spacial score (nSPS) is 11.8. The number of hydrogen-bond acceptors (Lipinski definition) is 5. The Labute approximate surface area is 150 Å². The maximum absolute atomic E-state index is 12.1. The summed E-state index contributed by atoms with van der Waals surface area (Å²) < 4.78 is 5.00. The molecule has 136 valence electrons. The van der Waals surface area contributed by atoms with Gasteiger partial charge in [-0.05, 0) is 29.3 Å². The molecule has 0 saturated carbocycles. The molecule has 0 radical (unpaired) electrons. The molecular formula is C19H20N2O5. The molecule has 4 N–H and O–H groups in total. The second-order valence-electron chi connectivity index (χ2n) is 5.49. The van der Waals surface area contributed by atoms with E-state index in [-0.39, 0.29) is 17.9 Å². The fraction of sp³-hybridized carbons (Fsp3) is 0.158. The van der Waals surface area contributed by atoms with Crippen LogP contribution < -0.4 is 15.5 Å². The third-order valence-corrected chi connectivity index (χ3v) is 3.66. The fourth-order valence-corrected chi connectivity index (χ4v) is 2.33. The van der Waals surface area contributed by atoms with Gasteiger partial charge in [-0.2, -0.15) is 0 Å². The Balaban J connectivity index is 2.05. The van der Waals surface area contributed by atoms with E-state index in [0.29, 0.717) is 5.56 Å². The van der Waals surface area contributed by atoms with Crippen LogP contribution in [0.2, 0.25) is 0 Å². The summed E-state index contributed by atoms with van der Waals surface area (Å²) in [7, 11) is 1.43. The number of ether oxygens (including phenoxy) is 1. The Bertz CT molecular complexity index is 790. The van der Waals surface area contributed by atoms with Crippen LogP contribution in [0.3, 0.4) is 0 Å². The Morgan fingerprint density at radius 2 is 1.92 bits per heavy atom. The zero-order valence-corrected chi connectivity index (χ0v) is 14.2. The molecule has 2 rings (SSSR count). The smallest absolute Gasteiger partial charge is 0.266 e. The van der Waals surface area contributed by atoms with Crippen molar-refractivity contribution in [2.75, 3.05) is 7.11 Å². The number of amides is 2. The van der Waals surface area contributed by atoms with Gasteiger partial charge in [-0.25, -0.2) is 5.48 Å². The lowest BCUT2D eigenvalue weighted by molar-refractivity contribution is -0.133. The Hall–Kier alpha value is -3.32. The molecule has 2 aromatic carbocycles. The van der Waals surface area contributed by atoms with Crippen LogP contribution >= 0.6 is 0 Å². The number of hydrogen-bond donors (Lipinski definition) is 4. The van der Waals surface area contributed by atoms with Crippen molar-refractivity contribution in [3.8, 4) is 11.5 Å². The van der Waals surface area contributed by atoms with Crippen molar-refractivity contribution < 1.29 is 24.6 Å². The van der Waals surface area contributed by atoms with Crippen LogP contribution in [-0.2, 0) is 16.0 Å². The number of carbonyl (C=O) groups excluding carboxylic acids is 2. The first-order valence-corrected chi connectivity index (χ1v) is 7.87. The lowest BCUT2D eigenvalue weighted by Gasteiger charge is -2.15. The van der Waals surface area contributed by atoms with Crippen molar-refractivity contribution >= 4 is 17.9 Å². The summed E-state index contributed by atoms with van der Waals surface area (Å²) in [5, 5.41) is 21.0. The molecule has 0 fully saturated rings. The maximum atomic E-state index is 12.1. The number of methoxy groups -OCH3 is 1. The minimum Gasteiger partial charge on any atom is -0.504 e. The topological polar surface area (TPSA) is 108 Å². The van der Waals surface area contributed by atoms with E-state index in [2.05, 4.69) is 5.32 Å². The Morgan fingerprint density at radius 1 is 1.19 bits per heavy atom. The molecule has 0 aromatic heterocycles. The number of phenols is 1. The fourth-order valence-electron chi connectivity index (χ4n) is 2.33. The monoisotopic (exact) mass is 356 g/mol. The molecule has 0 aliphatic rings. The van der Waals surface area contributed by atoms with Gasteiger partial charge in [-0.3, -0.25) is 14.8 Å². The molecule has 1 unspecified atom stereocenters. The van der Waals surface area contributed by atoms with Crippen LogP contribution in [-0.4, -0.2) is 35.3 Å². The van der Waals surface area contributed by atoms with Gasteiger partial charge in [0.2, 0.25) is 5.91 Å². The predicted octanol–water partition coefficient (Wildman–Crippen LogP) is 1.65. The number of aromatic hydroxyl groups is 1. The number of nitrogens with one attached hydrogen (secondary N) is 2. The van der Waals surface area contributed by atoms with Gasteiger partial charge in [0.25, 0.3) is 5.91 Å². The molecule has 0 aliphatic heterocycles. The molecule has 1 atom stereocenters.